The Morgan fingerprint density at radius 1 is 1.12 bits per heavy atom. The van der Waals surface area contributed by atoms with Gasteiger partial charge in [-0.15, -0.1) is 0 Å². The minimum absolute atomic E-state index is 0.425. The zero-order valence-corrected chi connectivity index (χ0v) is 13.2. The lowest BCUT2D eigenvalue weighted by Crippen LogP contribution is -2.04. The van der Waals surface area contributed by atoms with E-state index in [1.54, 1.807) is 18.8 Å². The SMILES string of the molecule is COc1ccc(CNc2nn(C)c3ccc(C(F)(F)F)cc23)cc1. The van der Waals surface area contributed by atoms with Gasteiger partial charge < -0.3 is 10.1 Å². The van der Waals surface area contributed by atoms with E-state index in [-0.39, 0.29) is 0 Å². The van der Waals surface area contributed by atoms with Gasteiger partial charge in [0.25, 0.3) is 0 Å². The summed E-state index contributed by atoms with van der Waals surface area (Å²) in [7, 11) is 3.29. The molecule has 0 bridgehead atoms. The van der Waals surface area contributed by atoms with Crippen LogP contribution in [-0.4, -0.2) is 16.9 Å². The highest BCUT2D eigenvalue weighted by molar-refractivity contribution is 5.90. The standard InChI is InChI=1S/C17H16F3N3O/c1-23-15-8-5-12(17(18,19)20)9-14(15)16(22-23)21-10-11-3-6-13(24-2)7-4-11/h3-9H,10H2,1-2H3,(H,21,22). The smallest absolute Gasteiger partial charge is 0.416 e. The van der Waals surface area contributed by atoms with Crippen molar-refractivity contribution in [1.29, 1.82) is 0 Å². The molecule has 0 fully saturated rings. The average Bonchev–Trinajstić information content (AvgIpc) is 2.88. The highest BCUT2D eigenvalue weighted by atomic mass is 19.4. The lowest BCUT2D eigenvalue weighted by atomic mass is 10.1. The Labute approximate surface area is 136 Å². The summed E-state index contributed by atoms with van der Waals surface area (Å²) in [5, 5.41) is 7.82. The van der Waals surface area contributed by atoms with E-state index in [2.05, 4.69) is 10.4 Å². The number of nitrogens with zero attached hydrogens (tertiary/aromatic N) is 2. The largest absolute Gasteiger partial charge is 0.497 e. The van der Waals surface area contributed by atoms with Gasteiger partial charge in [0.05, 0.1) is 18.2 Å². The first-order chi connectivity index (χ1) is 11.4. The summed E-state index contributed by atoms with van der Waals surface area (Å²) in [5.74, 6) is 1.17. The summed E-state index contributed by atoms with van der Waals surface area (Å²) in [5.41, 5.74) is 0.928. The fraction of sp³-hybridized carbons (Fsp3) is 0.235. The van der Waals surface area contributed by atoms with Crippen molar-refractivity contribution in [2.45, 2.75) is 12.7 Å². The Morgan fingerprint density at radius 2 is 1.83 bits per heavy atom. The first-order valence-electron chi connectivity index (χ1n) is 7.29. The van der Waals surface area contributed by atoms with Gasteiger partial charge in [0.2, 0.25) is 0 Å². The van der Waals surface area contributed by atoms with Crippen LogP contribution in [0.15, 0.2) is 42.5 Å². The second-order valence-electron chi connectivity index (χ2n) is 5.40. The van der Waals surface area contributed by atoms with Crippen molar-refractivity contribution < 1.29 is 17.9 Å². The first-order valence-corrected chi connectivity index (χ1v) is 7.29. The van der Waals surface area contributed by atoms with Crippen LogP contribution in [-0.2, 0) is 19.8 Å². The maximum atomic E-state index is 12.9. The zero-order valence-electron chi connectivity index (χ0n) is 13.2. The van der Waals surface area contributed by atoms with Crippen molar-refractivity contribution in [3.63, 3.8) is 0 Å². The third-order valence-electron chi connectivity index (χ3n) is 3.80. The Morgan fingerprint density at radius 3 is 2.46 bits per heavy atom. The van der Waals surface area contributed by atoms with E-state index in [0.29, 0.717) is 23.3 Å². The van der Waals surface area contributed by atoms with E-state index in [9.17, 15) is 13.2 Å². The summed E-state index contributed by atoms with van der Waals surface area (Å²) < 4.78 is 45.4. The second-order valence-corrected chi connectivity index (χ2v) is 5.40. The molecular formula is C17H16F3N3O. The number of rotatable bonds is 4. The van der Waals surface area contributed by atoms with Crippen LogP contribution >= 0.6 is 0 Å². The molecule has 0 amide bonds. The number of aryl methyl sites for hydroxylation is 1. The van der Waals surface area contributed by atoms with Gasteiger partial charge in [-0.2, -0.15) is 18.3 Å². The van der Waals surface area contributed by atoms with E-state index in [0.717, 1.165) is 23.4 Å². The summed E-state index contributed by atoms with van der Waals surface area (Å²) in [6, 6.07) is 11.1. The van der Waals surface area contributed by atoms with E-state index in [1.165, 1.54) is 6.07 Å². The minimum Gasteiger partial charge on any atom is -0.497 e. The van der Waals surface area contributed by atoms with Crippen molar-refractivity contribution in [2.75, 3.05) is 12.4 Å². The number of hydrogen-bond donors (Lipinski definition) is 1. The van der Waals surface area contributed by atoms with Crippen molar-refractivity contribution >= 4 is 16.7 Å². The summed E-state index contributed by atoms with van der Waals surface area (Å²) in [6.07, 6.45) is -4.38. The zero-order chi connectivity index (χ0) is 17.3. The molecule has 4 nitrogen and oxygen atoms in total. The molecule has 0 unspecified atom stereocenters. The molecule has 0 saturated heterocycles. The van der Waals surface area contributed by atoms with Gasteiger partial charge in [-0.05, 0) is 35.9 Å². The van der Waals surface area contributed by atoms with Crippen LogP contribution in [0.2, 0.25) is 0 Å². The number of methoxy groups -OCH3 is 1. The number of halogens is 3. The number of aromatic nitrogens is 2. The third kappa shape index (κ3) is 3.15. The summed E-state index contributed by atoms with van der Waals surface area (Å²) in [4.78, 5) is 0. The molecule has 3 rings (SSSR count). The molecule has 0 radical (unpaired) electrons. The van der Waals surface area contributed by atoms with E-state index in [1.807, 2.05) is 24.3 Å². The number of hydrogen-bond acceptors (Lipinski definition) is 3. The van der Waals surface area contributed by atoms with Gasteiger partial charge in [-0.25, -0.2) is 0 Å². The van der Waals surface area contributed by atoms with Gasteiger partial charge in [-0.1, -0.05) is 12.1 Å². The Hall–Kier alpha value is -2.70. The van der Waals surface area contributed by atoms with Crippen LogP contribution in [0, 0.1) is 0 Å². The maximum absolute atomic E-state index is 12.9. The van der Waals surface area contributed by atoms with Crippen molar-refractivity contribution in [2.24, 2.45) is 7.05 Å². The Kier molecular flexibility index (Phi) is 4.09. The predicted octanol–water partition coefficient (Wildman–Crippen LogP) is 4.21. The molecule has 0 atom stereocenters. The van der Waals surface area contributed by atoms with Crippen molar-refractivity contribution in [3.8, 4) is 5.75 Å². The molecule has 24 heavy (non-hydrogen) atoms. The topological polar surface area (TPSA) is 39.1 Å². The molecule has 1 heterocycles. The molecule has 1 aromatic heterocycles. The van der Waals surface area contributed by atoms with Crippen LogP contribution in [0.25, 0.3) is 10.9 Å². The maximum Gasteiger partial charge on any atom is 0.416 e. The summed E-state index contributed by atoms with van der Waals surface area (Å²) >= 11 is 0. The lowest BCUT2D eigenvalue weighted by Gasteiger charge is -2.08. The molecule has 1 N–H and O–H groups in total. The lowest BCUT2D eigenvalue weighted by molar-refractivity contribution is -0.137. The number of benzene rings is 2. The minimum atomic E-state index is -4.38. The Balaban J connectivity index is 1.88. The van der Waals surface area contributed by atoms with Crippen LogP contribution in [0.3, 0.4) is 0 Å². The highest BCUT2D eigenvalue weighted by Crippen LogP contribution is 2.33. The molecule has 3 aromatic rings. The van der Waals surface area contributed by atoms with E-state index >= 15 is 0 Å². The van der Waals surface area contributed by atoms with Crippen molar-refractivity contribution in [3.05, 3.63) is 53.6 Å². The Bertz CT molecular complexity index is 854. The van der Waals surface area contributed by atoms with Crippen LogP contribution in [0.1, 0.15) is 11.1 Å². The number of ether oxygens (including phenoxy) is 1. The predicted molar refractivity (Wildman–Crippen MR) is 86.0 cm³/mol. The molecule has 0 aliphatic rings. The van der Waals surface area contributed by atoms with Gasteiger partial charge in [0, 0.05) is 19.0 Å². The van der Waals surface area contributed by atoms with Crippen molar-refractivity contribution in [1.82, 2.24) is 9.78 Å². The van der Waals surface area contributed by atoms with Crippen LogP contribution < -0.4 is 10.1 Å². The molecule has 2 aromatic carbocycles. The number of anilines is 1. The van der Waals surface area contributed by atoms with Gasteiger partial charge in [0.1, 0.15) is 5.75 Å². The normalized spacial score (nSPS) is 11.7. The average molecular weight is 335 g/mol. The summed E-state index contributed by atoms with van der Waals surface area (Å²) in [6.45, 7) is 0.451. The monoisotopic (exact) mass is 335 g/mol. The second kappa shape index (κ2) is 6.07. The number of fused-ring (bicyclic) bond motifs is 1. The van der Waals surface area contributed by atoms with Gasteiger partial charge in [0.15, 0.2) is 5.82 Å². The molecule has 126 valence electrons. The fourth-order valence-corrected chi connectivity index (χ4v) is 2.50. The van der Waals surface area contributed by atoms with E-state index in [4.69, 9.17) is 4.74 Å². The van der Waals surface area contributed by atoms with Crippen LogP contribution in [0.4, 0.5) is 19.0 Å². The first kappa shape index (κ1) is 16.2. The van der Waals surface area contributed by atoms with Crippen LogP contribution in [0.5, 0.6) is 5.75 Å². The molecule has 0 aliphatic carbocycles. The number of nitrogens with one attached hydrogen (secondary N) is 1. The van der Waals surface area contributed by atoms with E-state index < -0.39 is 11.7 Å². The van der Waals surface area contributed by atoms with Gasteiger partial charge in [-0.3, -0.25) is 4.68 Å². The molecule has 7 heteroatoms. The van der Waals surface area contributed by atoms with Gasteiger partial charge >= 0.3 is 6.18 Å². The third-order valence-corrected chi connectivity index (χ3v) is 3.80. The number of alkyl halides is 3. The molecule has 0 spiro atoms. The highest BCUT2D eigenvalue weighted by Gasteiger charge is 2.31. The molecular weight excluding hydrogens is 319 g/mol. The molecule has 0 saturated carbocycles. The fourth-order valence-electron chi connectivity index (χ4n) is 2.50. The quantitative estimate of drug-likeness (QED) is 0.776. The molecule has 0 aliphatic heterocycles.